The lowest BCUT2D eigenvalue weighted by Crippen LogP contribution is -2.34. The van der Waals surface area contributed by atoms with E-state index in [-0.39, 0.29) is 13.2 Å². The van der Waals surface area contributed by atoms with Gasteiger partial charge in [-0.25, -0.2) is 0 Å². The highest BCUT2D eigenvalue weighted by Gasteiger charge is 2.26. The summed E-state index contributed by atoms with van der Waals surface area (Å²) in [5, 5.41) is 18.1. The fraction of sp³-hybridized carbons (Fsp3) is 1.00. The predicted octanol–water partition coefficient (Wildman–Crippen LogP) is 0.0304. The number of hydrogen-bond donors (Lipinski definition) is 2. The molecule has 0 unspecified atom stereocenters. The van der Waals surface area contributed by atoms with Crippen molar-refractivity contribution < 1.29 is 19.7 Å². The second-order valence-corrected chi connectivity index (χ2v) is 3.22. The van der Waals surface area contributed by atoms with Gasteiger partial charge in [-0.3, -0.25) is 0 Å². The van der Waals surface area contributed by atoms with Crippen molar-refractivity contribution in [3.63, 3.8) is 0 Å². The van der Waals surface area contributed by atoms with Crippen LogP contribution in [0.4, 0.5) is 0 Å². The molecule has 0 saturated carbocycles. The summed E-state index contributed by atoms with van der Waals surface area (Å²) < 4.78 is 10.1. The molecule has 2 N–H and O–H groups in total. The molecule has 0 bridgehead atoms. The minimum atomic E-state index is -0.492. The van der Waals surface area contributed by atoms with Crippen molar-refractivity contribution in [2.75, 3.05) is 40.1 Å². The van der Waals surface area contributed by atoms with E-state index in [0.717, 1.165) is 0 Å². The number of hydrogen-bond acceptors (Lipinski definition) is 4. The summed E-state index contributed by atoms with van der Waals surface area (Å²) in [5.74, 6) is 0. The van der Waals surface area contributed by atoms with E-state index in [1.165, 1.54) is 0 Å². The Balaban J connectivity index is 3.68. The Morgan fingerprint density at radius 1 is 1.15 bits per heavy atom. The Bertz CT molecular complexity index is 104. The fourth-order valence-electron chi connectivity index (χ4n) is 0.898. The number of ether oxygens (including phenoxy) is 2. The average Bonchev–Trinajstić information content (AvgIpc) is 2.20. The van der Waals surface area contributed by atoms with Crippen LogP contribution in [0.3, 0.4) is 0 Å². The minimum Gasteiger partial charge on any atom is -0.396 e. The van der Waals surface area contributed by atoms with E-state index in [9.17, 15) is 0 Å². The van der Waals surface area contributed by atoms with Gasteiger partial charge in [-0.1, -0.05) is 6.92 Å². The lowest BCUT2D eigenvalue weighted by molar-refractivity contribution is -0.0402. The van der Waals surface area contributed by atoms with Gasteiger partial charge in [0.05, 0.1) is 33.0 Å². The van der Waals surface area contributed by atoms with E-state index in [1.807, 2.05) is 6.92 Å². The largest absolute Gasteiger partial charge is 0.396 e. The smallest absolute Gasteiger partial charge is 0.0700 e. The van der Waals surface area contributed by atoms with Crippen LogP contribution in [0.15, 0.2) is 0 Å². The van der Waals surface area contributed by atoms with Crippen LogP contribution in [0, 0.1) is 5.41 Å². The first-order chi connectivity index (χ1) is 6.24. The summed E-state index contributed by atoms with van der Waals surface area (Å²) in [6, 6.07) is 0. The van der Waals surface area contributed by atoms with Gasteiger partial charge < -0.3 is 19.7 Å². The Morgan fingerprint density at radius 2 is 1.77 bits per heavy atom. The Labute approximate surface area is 79.5 Å². The van der Waals surface area contributed by atoms with Crippen LogP contribution in [0.2, 0.25) is 0 Å². The van der Waals surface area contributed by atoms with E-state index < -0.39 is 5.41 Å². The summed E-state index contributed by atoms with van der Waals surface area (Å²) in [7, 11) is 1.61. The van der Waals surface area contributed by atoms with Crippen LogP contribution < -0.4 is 0 Å². The van der Waals surface area contributed by atoms with Gasteiger partial charge in [-0.2, -0.15) is 0 Å². The minimum absolute atomic E-state index is 0.0486. The number of methoxy groups -OCH3 is 1. The van der Waals surface area contributed by atoms with Gasteiger partial charge in [0.2, 0.25) is 0 Å². The van der Waals surface area contributed by atoms with E-state index in [4.69, 9.17) is 19.7 Å². The summed E-state index contributed by atoms with van der Waals surface area (Å²) >= 11 is 0. The third kappa shape index (κ3) is 4.57. The van der Waals surface area contributed by atoms with Gasteiger partial charge in [0.1, 0.15) is 0 Å². The highest BCUT2D eigenvalue weighted by molar-refractivity contribution is 4.75. The second-order valence-electron chi connectivity index (χ2n) is 3.22. The molecule has 0 atom stereocenters. The predicted molar refractivity (Wildman–Crippen MR) is 49.6 cm³/mol. The zero-order valence-corrected chi connectivity index (χ0v) is 8.45. The molecule has 80 valence electrons. The maximum Gasteiger partial charge on any atom is 0.0700 e. The van der Waals surface area contributed by atoms with Gasteiger partial charge in [0.15, 0.2) is 0 Å². The molecule has 0 spiro atoms. The van der Waals surface area contributed by atoms with Crippen molar-refractivity contribution >= 4 is 0 Å². The Morgan fingerprint density at radius 3 is 2.15 bits per heavy atom. The monoisotopic (exact) mass is 192 g/mol. The van der Waals surface area contributed by atoms with Gasteiger partial charge in [0, 0.05) is 12.5 Å². The van der Waals surface area contributed by atoms with Gasteiger partial charge >= 0.3 is 0 Å². The highest BCUT2D eigenvalue weighted by atomic mass is 16.5. The second kappa shape index (κ2) is 7.26. The third-order valence-corrected chi connectivity index (χ3v) is 2.26. The molecule has 13 heavy (non-hydrogen) atoms. The standard InChI is InChI=1S/C9H20O4/c1-3-9(6-10,7-11)8-13-5-4-12-2/h10-11H,3-8H2,1-2H3. The quantitative estimate of drug-likeness (QED) is 0.533. The molecule has 4 heteroatoms. The van der Waals surface area contributed by atoms with Crippen molar-refractivity contribution in [1.82, 2.24) is 0 Å². The van der Waals surface area contributed by atoms with Crippen LogP contribution in [0.1, 0.15) is 13.3 Å². The molecule has 0 aromatic carbocycles. The maximum atomic E-state index is 9.06. The molecule has 4 nitrogen and oxygen atoms in total. The maximum absolute atomic E-state index is 9.06. The lowest BCUT2D eigenvalue weighted by atomic mass is 9.88. The van der Waals surface area contributed by atoms with E-state index in [0.29, 0.717) is 26.2 Å². The van der Waals surface area contributed by atoms with E-state index in [2.05, 4.69) is 0 Å². The molecule has 0 radical (unpaired) electrons. The fourth-order valence-corrected chi connectivity index (χ4v) is 0.898. The number of aliphatic hydroxyl groups excluding tert-OH is 2. The molecule has 0 heterocycles. The van der Waals surface area contributed by atoms with Crippen LogP contribution in [0.5, 0.6) is 0 Å². The summed E-state index contributed by atoms with van der Waals surface area (Å²) in [6.07, 6.45) is 0.701. The first-order valence-corrected chi connectivity index (χ1v) is 4.53. The summed E-state index contributed by atoms with van der Waals surface area (Å²) in [4.78, 5) is 0. The van der Waals surface area contributed by atoms with Crippen molar-refractivity contribution in [2.24, 2.45) is 5.41 Å². The zero-order valence-electron chi connectivity index (χ0n) is 8.45. The first-order valence-electron chi connectivity index (χ1n) is 4.53. The summed E-state index contributed by atoms with van der Waals surface area (Å²) in [5.41, 5.74) is -0.492. The molecular weight excluding hydrogens is 172 g/mol. The van der Waals surface area contributed by atoms with Crippen molar-refractivity contribution in [1.29, 1.82) is 0 Å². The molecule has 0 saturated heterocycles. The highest BCUT2D eigenvalue weighted by Crippen LogP contribution is 2.20. The summed E-state index contributed by atoms with van der Waals surface area (Å²) in [6.45, 7) is 3.24. The molecule has 0 aliphatic carbocycles. The van der Waals surface area contributed by atoms with Crippen LogP contribution >= 0.6 is 0 Å². The molecular formula is C9H20O4. The molecule has 0 fully saturated rings. The first kappa shape index (κ1) is 12.8. The van der Waals surface area contributed by atoms with Gasteiger partial charge in [-0.05, 0) is 6.42 Å². The topological polar surface area (TPSA) is 58.9 Å². The normalized spacial score (nSPS) is 12.0. The number of aliphatic hydroxyl groups is 2. The zero-order chi connectivity index (χ0) is 10.2. The Hall–Kier alpha value is -0.160. The lowest BCUT2D eigenvalue weighted by Gasteiger charge is -2.27. The van der Waals surface area contributed by atoms with Gasteiger partial charge in [-0.15, -0.1) is 0 Å². The molecule has 0 aliphatic heterocycles. The van der Waals surface area contributed by atoms with Crippen LogP contribution in [0.25, 0.3) is 0 Å². The Kier molecular flexibility index (Phi) is 7.17. The van der Waals surface area contributed by atoms with Gasteiger partial charge in [0.25, 0.3) is 0 Å². The SMILES string of the molecule is CCC(CO)(CO)COCCOC. The van der Waals surface area contributed by atoms with Crippen LogP contribution in [-0.2, 0) is 9.47 Å². The molecule has 0 rings (SSSR count). The number of rotatable bonds is 8. The van der Waals surface area contributed by atoms with Crippen molar-refractivity contribution in [3.05, 3.63) is 0 Å². The molecule has 0 aromatic rings. The van der Waals surface area contributed by atoms with E-state index >= 15 is 0 Å². The van der Waals surface area contributed by atoms with Crippen LogP contribution in [-0.4, -0.2) is 50.4 Å². The molecule has 0 amide bonds. The average molecular weight is 192 g/mol. The van der Waals surface area contributed by atoms with Crippen molar-refractivity contribution in [3.8, 4) is 0 Å². The van der Waals surface area contributed by atoms with Crippen molar-refractivity contribution in [2.45, 2.75) is 13.3 Å². The van der Waals surface area contributed by atoms with E-state index in [1.54, 1.807) is 7.11 Å². The molecule has 0 aromatic heterocycles. The third-order valence-electron chi connectivity index (χ3n) is 2.26. The molecule has 0 aliphatic rings.